The maximum atomic E-state index is 10.5. The summed E-state index contributed by atoms with van der Waals surface area (Å²) in [6, 6.07) is 1.99. The van der Waals surface area contributed by atoms with Crippen molar-refractivity contribution in [2.75, 3.05) is 0 Å². The van der Waals surface area contributed by atoms with E-state index in [1.807, 2.05) is 16.8 Å². The summed E-state index contributed by atoms with van der Waals surface area (Å²) < 4.78 is 0. The van der Waals surface area contributed by atoms with Gasteiger partial charge in [-0.3, -0.25) is 9.89 Å². The van der Waals surface area contributed by atoms with Gasteiger partial charge in [0, 0.05) is 17.4 Å². The minimum Gasteiger partial charge on any atom is -0.481 e. The fraction of sp³-hybridized carbons (Fsp3) is 0.200. The molecule has 15 heavy (non-hydrogen) atoms. The molecule has 2 rings (SSSR count). The van der Waals surface area contributed by atoms with Crippen LogP contribution in [0.2, 0.25) is 0 Å². The molecule has 5 heteroatoms. The minimum atomic E-state index is -0.785. The average molecular weight is 222 g/mol. The number of H-pyrrole nitrogens is 1. The second-order valence-corrected chi connectivity index (χ2v) is 3.96. The quantitative estimate of drug-likeness (QED) is 0.833. The van der Waals surface area contributed by atoms with Gasteiger partial charge in [-0.25, -0.2) is 0 Å². The molecule has 2 aromatic heterocycles. The highest BCUT2D eigenvalue weighted by Crippen LogP contribution is 2.24. The van der Waals surface area contributed by atoms with E-state index in [1.54, 1.807) is 17.5 Å². The van der Waals surface area contributed by atoms with Crippen molar-refractivity contribution in [3.8, 4) is 11.3 Å². The van der Waals surface area contributed by atoms with Crippen molar-refractivity contribution < 1.29 is 9.90 Å². The van der Waals surface area contributed by atoms with E-state index >= 15 is 0 Å². The van der Waals surface area contributed by atoms with Crippen LogP contribution < -0.4 is 0 Å². The van der Waals surface area contributed by atoms with E-state index in [2.05, 4.69) is 10.2 Å². The van der Waals surface area contributed by atoms with Gasteiger partial charge < -0.3 is 5.11 Å². The van der Waals surface area contributed by atoms with E-state index in [4.69, 9.17) is 5.11 Å². The number of aliphatic carboxylic acids is 1. The fourth-order valence-corrected chi connectivity index (χ4v) is 2.05. The lowest BCUT2D eigenvalue weighted by atomic mass is 10.1. The van der Waals surface area contributed by atoms with Gasteiger partial charge in [0.15, 0.2) is 0 Å². The molecule has 2 N–H and O–H groups in total. The topological polar surface area (TPSA) is 66.0 Å². The van der Waals surface area contributed by atoms with Crippen LogP contribution in [0.5, 0.6) is 0 Å². The van der Waals surface area contributed by atoms with Crippen molar-refractivity contribution in [2.24, 2.45) is 0 Å². The Balaban J connectivity index is 2.19. The van der Waals surface area contributed by atoms with Crippen molar-refractivity contribution >= 4 is 17.3 Å². The van der Waals surface area contributed by atoms with E-state index in [9.17, 15) is 4.79 Å². The molecule has 0 aromatic carbocycles. The van der Waals surface area contributed by atoms with Crippen LogP contribution in [-0.4, -0.2) is 21.3 Å². The van der Waals surface area contributed by atoms with Gasteiger partial charge in [0.2, 0.25) is 0 Å². The Hall–Kier alpha value is -1.62. The second kappa shape index (κ2) is 4.27. The highest BCUT2D eigenvalue weighted by Gasteiger charge is 2.09. The van der Waals surface area contributed by atoms with E-state index in [0.29, 0.717) is 6.42 Å². The SMILES string of the molecule is O=C(O)CCc1cn[nH]c1-c1ccsc1. The second-order valence-electron chi connectivity index (χ2n) is 3.18. The number of rotatable bonds is 4. The number of nitrogens with one attached hydrogen (secondary N) is 1. The van der Waals surface area contributed by atoms with E-state index in [1.165, 1.54) is 0 Å². The van der Waals surface area contributed by atoms with Crippen molar-refractivity contribution in [2.45, 2.75) is 12.8 Å². The standard InChI is InChI=1S/C10H10N2O2S/c13-9(14)2-1-7-5-11-12-10(7)8-3-4-15-6-8/h3-6H,1-2H2,(H,11,12)(H,13,14). The normalized spacial score (nSPS) is 10.4. The number of carbonyl (C=O) groups is 1. The molecular formula is C10H10N2O2S. The van der Waals surface area contributed by atoms with Gasteiger partial charge in [-0.05, 0) is 23.4 Å². The van der Waals surface area contributed by atoms with Crippen LogP contribution in [0.1, 0.15) is 12.0 Å². The van der Waals surface area contributed by atoms with Crippen molar-refractivity contribution in [1.82, 2.24) is 10.2 Å². The maximum absolute atomic E-state index is 10.5. The highest BCUT2D eigenvalue weighted by molar-refractivity contribution is 7.08. The van der Waals surface area contributed by atoms with Crippen molar-refractivity contribution in [3.05, 3.63) is 28.6 Å². The zero-order valence-electron chi connectivity index (χ0n) is 7.93. The van der Waals surface area contributed by atoms with Gasteiger partial charge in [0.1, 0.15) is 0 Å². The average Bonchev–Trinajstić information content (AvgIpc) is 2.85. The number of hydrogen-bond donors (Lipinski definition) is 2. The van der Waals surface area contributed by atoms with E-state index < -0.39 is 5.97 Å². The fourth-order valence-electron chi connectivity index (χ4n) is 1.40. The summed E-state index contributed by atoms with van der Waals surface area (Å²) in [6.45, 7) is 0. The molecule has 0 amide bonds. The summed E-state index contributed by atoms with van der Waals surface area (Å²) in [7, 11) is 0. The summed E-state index contributed by atoms with van der Waals surface area (Å²) in [5.41, 5.74) is 2.95. The predicted octanol–water partition coefficient (Wildman–Crippen LogP) is 2.16. The van der Waals surface area contributed by atoms with Crippen LogP contribution in [0.4, 0.5) is 0 Å². The number of carboxylic acids is 1. The lowest BCUT2D eigenvalue weighted by Gasteiger charge is -1.98. The molecule has 0 spiro atoms. The first-order valence-corrected chi connectivity index (χ1v) is 5.48. The lowest BCUT2D eigenvalue weighted by Crippen LogP contribution is -1.97. The first-order valence-electron chi connectivity index (χ1n) is 4.54. The Bertz CT molecular complexity index is 448. The Morgan fingerprint density at radius 3 is 3.13 bits per heavy atom. The summed E-state index contributed by atoms with van der Waals surface area (Å²) in [5, 5.41) is 19.4. The molecule has 0 unspecified atom stereocenters. The largest absolute Gasteiger partial charge is 0.481 e. The van der Waals surface area contributed by atoms with Crippen LogP contribution in [0.25, 0.3) is 11.3 Å². The minimum absolute atomic E-state index is 0.136. The number of aromatic nitrogens is 2. The molecule has 4 nitrogen and oxygen atoms in total. The molecule has 0 bridgehead atoms. The molecule has 78 valence electrons. The summed E-state index contributed by atoms with van der Waals surface area (Å²) >= 11 is 1.61. The van der Waals surface area contributed by atoms with Gasteiger partial charge in [-0.1, -0.05) is 0 Å². The zero-order valence-corrected chi connectivity index (χ0v) is 8.75. The molecule has 2 aromatic rings. The molecule has 0 aliphatic heterocycles. The van der Waals surface area contributed by atoms with Gasteiger partial charge in [0.05, 0.1) is 11.9 Å². The Labute approximate surface area is 90.6 Å². The van der Waals surface area contributed by atoms with Crippen molar-refractivity contribution in [1.29, 1.82) is 0 Å². The van der Waals surface area contributed by atoms with Crippen LogP contribution in [0.3, 0.4) is 0 Å². The zero-order chi connectivity index (χ0) is 10.7. The number of aryl methyl sites for hydroxylation is 1. The molecule has 0 saturated heterocycles. The molecule has 0 atom stereocenters. The number of aromatic amines is 1. The third-order valence-corrected chi connectivity index (χ3v) is 2.82. The Morgan fingerprint density at radius 1 is 1.60 bits per heavy atom. The maximum Gasteiger partial charge on any atom is 0.303 e. The molecule has 0 aliphatic rings. The van der Waals surface area contributed by atoms with Crippen LogP contribution in [-0.2, 0) is 11.2 Å². The smallest absolute Gasteiger partial charge is 0.303 e. The Kier molecular flexibility index (Phi) is 2.82. The Morgan fingerprint density at radius 2 is 2.47 bits per heavy atom. The monoisotopic (exact) mass is 222 g/mol. The summed E-state index contributed by atoms with van der Waals surface area (Å²) in [6.07, 6.45) is 2.34. The number of hydrogen-bond acceptors (Lipinski definition) is 3. The van der Waals surface area contributed by atoms with Crippen LogP contribution >= 0.6 is 11.3 Å². The molecule has 0 fully saturated rings. The van der Waals surface area contributed by atoms with Crippen molar-refractivity contribution in [3.63, 3.8) is 0 Å². The highest BCUT2D eigenvalue weighted by atomic mass is 32.1. The number of carboxylic acid groups (broad SMARTS) is 1. The van der Waals surface area contributed by atoms with Gasteiger partial charge >= 0.3 is 5.97 Å². The molecule has 0 saturated carbocycles. The summed E-state index contributed by atoms with van der Waals surface area (Å²) in [5.74, 6) is -0.785. The molecular weight excluding hydrogens is 212 g/mol. The third kappa shape index (κ3) is 2.24. The van der Waals surface area contributed by atoms with E-state index in [0.717, 1.165) is 16.8 Å². The number of nitrogens with zero attached hydrogens (tertiary/aromatic N) is 1. The first kappa shape index (κ1) is 9.92. The number of thiophene rings is 1. The van der Waals surface area contributed by atoms with Gasteiger partial charge in [-0.15, -0.1) is 0 Å². The third-order valence-electron chi connectivity index (χ3n) is 2.14. The molecule has 0 radical (unpaired) electrons. The van der Waals surface area contributed by atoms with E-state index in [-0.39, 0.29) is 6.42 Å². The van der Waals surface area contributed by atoms with Crippen LogP contribution in [0.15, 0.2) is 23.0 Å². The van der Waals surface area contributed by atoms with Gasteiger partial charge in [0.25, 0.3) is 0 Å². The van der Waals surface area contributed by atoms with Crippen LogP contribution in [0, 0.1) is 0 Å². The lowest BCUT2D eigenvalue weighted by molar-refractivity contribution is -0.136. The van der Waals surface area contributed by atoms with Gasteiger partial charge in [-0.2, -0.15) is 16.4 Å². The summed E-state index contributed by atoms with van der Waals surface area (Å²) in [4.78, 5) is 10.5. The molecule has 0 aliphatic carbocycles. The first-order chi connectivity index (χ1) is 7.27. The molecule has 2 heterocycles. The predicted molar refractivity (Wildman–Crippen MR) is 57.9 cm³/mol.